The van der Waals surface area contributed by atoms with Crippen LogP contribution in [-0.4, -0.2) is 49.4 Å². The highest BCUT2D eigenvalue weighted by atomic mass is 16.5. The van der Waals surface area contributed by atoms with Crippen LogP contribution in [0.4, 0.5) is 5.69 Å². The number of carbonyl (C=O) groups is 2. The Morgan fingerprint density at radius 3 is 2.55 bits per heavy atom. The van der Waals surface area contributed by atoms with Crippen LogP contribution in [0.1, 0.15) is 41.9 Å². The van der Waals surface area contributed by atoms with E-state index in [0.29, 0.717) is 23.3 Å². The lowest BCUT2D eigenvalue weighted by atomic mass is 9.94. The second-order valence-electron chi connectivity index (χ2n) is 8.32. The van der Waals surface area contributed by atoms with Crippen molar-refractivity contribution in [3.05, 3.63) is 71.2 Å². The molecule has 172 valence electrons. The number of aliphatic hydroxyl groups excluding tert-OH is 1. The van der Waals surface area contributed by atoms with E-state index < -0.39 is 23.5 Å². The molecule has 33 heavy (non-hydrogen) atoms. The highest BCUT2D eigenvalue weighted by Gasteiger charge is 2.44. The molecule has 0 saturated heterocycles. The van der Waals surface area contributed by atoms with Gasteiger partial charge in [0.25, 0.3) is 5.91 Å². The van der Waals surface area contributed by atoms with E-state index in [9.17, 15) is 14.7 Å². The first kappa shape index (κ1) is 22.5. The molecule has 3 aromatic rings. The van der Waals surface area contributed by atoms with Crippen molar-refractivity contribution in [3.8, 4) is 5.75 Å². The summed E-state index contributed by atoms with van der Waals surface area (Å²) in [5.41, 5.74) is 2.23. The quantitative estimate of drug-likeness (QED) is 0.494. The van der Waals surface area contributed by atoms with Crippen molar-refractivity contribution < 1.29 is 23.8 Å². The third-order valence-corrected chi connectivity index (χ3v) is 5.98. The van der Waals surface area contributed by atoms with Crippen LogP contribution in [0.2, 0.25) is 0 Å². The number of para-hydroxylation sites is 1. The van der Waals surface area contributed by atoms with E-state index in [1.165, 1.54) is 7.11 Å². The molecule has 1 N–H and O–H groups in total. The first-order valence-electron chi connectivity index (χ1n) is 11.0. The summed E-state index contributed by atoms with van der Waals surface area (Å²) in [7, 11) is 5.41. The standard InChI is InChI=1S/C26H28N2O5/c1-5-6-14-28-22(16-10-12-18(13-11-16)27(2)3)21(24(30)26(28)31)23(29)20-15-17-8-7-9-19(32-4)25(17)33-20/h7-13,15,22,30H,5-6,14H2,1-4H3. The van der Waals surface area contributed by atoms with Crippen LogP contribution >= 0.6 is 0 Å². The molecule has 0 bridgehead atoms. The lowest BCUT2D eigenvalue weighted by Gasteiger charge is -2.27. The molecule has 0 saturated carbocycles. The predicted molar refractivity (Wildman–Crippen MR) is 127 cm³/mol. The van der Waals surface area contributed by atoms with Gasteiger partial charge < -0.3 is 24.1 Å². The van der Waals surface area contributed by atoms with E-state index in [4.69, 9.17) is 9.15 Å². The van der Waals surface area contributed by atoms with Crippen molar-refractivity contribution in [2.75, 3.05) is 32.6 Å². The zero-order valence-corrected chi connectivity index (χ0v) is 19.3. The highest BCUT2D eigenvalue weighted by Crippen LogP contribution is 2.40. The SMILES string of the molecule is CCCCN1C(=O)C(O)=C(C(=O)c2cc3cccc(OC)c3o2)C1c1ccc(N(C)C)cc1. The van der Waals surface area contributed by atoms with Gasteiger partial charge in [0, 0.05) is 31.7 Å². The molecule has 1 unspecified atom stereocenters. The van der Waals surface area contributed by atoms with Crippen LogP contribution < -0.4 is 9.64 Å². The Bertz CT molecular complexity index is 1220. The number of nitrogens with zero attached hydrogens (tertiary/aromatic N) is 2. The van der Waals surface area contributed by atoms with Crippen molar-refractivity contribution in [2.24, 2.45) is 0 Å². The number of amides is 1. The average molecular weight is 449 g/mol. The van der Waals surface area contributed by atoms with Gasteiger partial charge in [0.05, 0.1) is 18.7 Å². The number of Topliss-reactive ketones (excluding diaryl/α,β-unsaturated/α-hetero) is 1. The Morgan fingerprint density at radius 1 is 1.18 bits per heavy atom. The molecule has 1 atom stereocenters. The summed E-state index contributed by atoms with van der Waals surface area (Å²) in [6.07, 6.45) is 1.64. The number of aliphatic hydroxyl groups is 1. The number of hydrogen-bond acceptors (Lipinski definition) is 6. The Morgan fingerprint density at radius 2 is 1.91 bits per heavy atom. The molecule has 0 aliphatic carbocycles. The fraction of sp³-hybridized carbons (Fsp3) is 0.308. The number of benzene rings is 2. The highest BCUT2D eigenvalue weighted by molar-refractivity contribution is 6.16. The molecule has 2 heterocycles. The number of methoxy groups -OCH3 is 1. The second kappa shape index (κ2) is 9.02. The zero-order chi connectivity index (χ0) is 23.7. The summed E-state index contributed by atoms with van der Waals surface area (Å²) in [6, 6.07) is 13.9. The topological polar surface area (TPSA) is 83.2 Å². The van der Waals surface area contributed by atoms with Gasteiger partial charge >= 0.3 is 0 Å². The van der Waals surface area contributed by atoms with Gasteiger partial charge in [-0.05, 0) is 36.2 Å². The van der Waals surface area contributed by atoms with Crippen LogP contribution in [0, 0.1) is 0 Å². The third-order valence-electron chi connectivity index (χ3n) is 5.98. The van der Waals surface area contributed by atoms with Crippen molar-refractivity contribution in [3.63, 3.8) is 0 Å². The van der Waals surface area contributed by atoms with Crippen molar-refractivity contribution in [2.45, 2.75) is 25.8 Å². The number of rotatable bonds is 8. The van der Waals surface area contributed by atoms with Crippen LogP contribution in [0.5, 0.6) is 5.75 Å². The molecular formula is C26H28N2O5. The largest absolute Gasteiger partial charge is 0.503 e. The number of hydrogen-bond donors (Lipinski definition) is 1. The fourth-order valence-corrected chi connectivity index (χ4v) is 4.19. The molecule has 0 radical (unpaired) electrons. The van der Waals surface area contributed by atoms with E-state index in [2.05, 4.69) is 0 Å². The normalized spacial score (nSPS) is 16.1. The molecule has 1 aromatic heterocycles. The Balaban J connectivity index is 1.79. The molecular weight excluding hydrogens is 420 g/mol. The number of fused-ring (bicyclic) bond motifs is 1. The van der Waals surface area contributed by atoms with Gasteiger partial charge in [-0.25, -0.2) is 0 Å². The maximum absolute atomic E-state index is 13.6. The second-order valence-corrected chi connectivity index (χ2v) is 8.32. The Hall–Kier alpha value is -3.74. The number of carbonyl (C=O) groups excluding carboxylic acids is 2. The third kappa shape index (κ3) is 3.95. The zero-order valence-electron chi connectivity index (χ0n) is 19.3. The average Bonchev–Trinajstić information content (AvgIpc) is 3.36. The van der Waals surface area contributed by atoms with Gasteiger partial charge in [-0.2, -0.15) is 0 Å². The van der Waals surface area contributed by atoms with Crippen molar-refractivity contribution in [1.29, 1.82) is 0 Å². The van der Waals surface area contributed by atoms with Gasteiger partial charge in [-0.15, -0.1) is 0 Å². The maximum Gasteiger partial charge on any atom is 0.290 e. The van der Waals surface area contributed by atoms with E-state index in [-0.39, 0.29) is 11.3 Å². The van der Waals surface area contributed by atoms with Crippen LogP contribution in [0.3, 0.4) is 0 Å². The van der Waals surface area contributed by atoms with Crippen LogP contribution in [-0.2, 0) is 4.79 Å². The number of ketones is 1. The fourth-order valence-electron chi connectivity index (χ4n) is 4.19. The minimum atomic E-state index is -0.692. The number of unbranched alkanes of at least 4 members (excludes halogenated alkanes) is 1. The molecule has 2 aromatic carbocycles. The van der Waals surface area contributed by atoms with E-state index in [1.54, 1.807) is 17.0 Å². The van der Waals surface area contributed by atoms with E-state index >= 15 is 0 Å². The smallest absolute Gasteiger partial charge is 0.290 e. The number of ether oxygens (including phenoxy) is 1. The van der Waals surface area contributed by atoms with Crippen molar-refractivity contribution >= 4 is 28.3 Å². The summed E-state index contributed by atoms with van der Waals surface area (Å²) in [6.45, 7) is 2.47. The van der Waals surface area contributed by atoms with E-state index in [1.807, 2.05) is 62.3 Å². The maximum atomic E-state index is 13.6. The molecule has 7 heteroatoms. The first-order chi connectivity index (χ1) is 15.9. The minimum absolute atomic E-state index is 0.0340. The van der Waals surface area contributed by atoms with Gasteiger partial charge in [0.1, 0.15) is 0 Å². The molecule has 0 spiro atoms. The first-order valence-corrected chi connectivity index (χ1v) is 11.0. The van der Waals surface area contributed by atoms with Gasteiger partial charge in [0.15, 0.2) is 22.9 Å². The number of anilines is 1. The number of furan rings is 1. The van der Waals surface area contributed by atoms with Gasteiger partial charge in [-0.1, -0.05) is 37.6 Å². The van der Waals surface area contributed by atoms with E-state index in [0.717, 1.165) is 24.1 Å². The van der Waals surface area contributed by atoms with Gasteiger partial charge in [-0.3, -0.25) is 9.59 Å². The summed E-state index contributed by atoms with van der Waals surface area (Å²) in [5.74, 6) is -1.02. The summed E-state index contributed by atoms with van der Waals surface area (Å²) < 4.78 is 11.2. The molecule has 1 amide bonds. The molecule has 4 rings (SSSR count). The summed E-state index contributed by atoms with van der Waals surface area (Å²) >= 11 is 0. The molecule has 7 nitrogen and oxygen atoms in total. The molecule has 1 aliphatic heterocycles. The predicted octanol–water partition coefficient (Wildman–Crippen LogP) is 4.89. The molecule has 1 aliphatic rings. The van der Waals surface area contributed by atoms with Gasteiger partial charge in [0.2, 0.25) is 5.78 Å². The Labute approximate surface area is 192 Å². The summed E-state index contributed by atoms with van der Waals surface area (Å²) in [4.78, 5) is 30.1. The Kier molecular flexibility index (Phi) is 6.14. The molecule has 0 fully saturated rings. The summed E-state index contributed by atoms with van der Waals surface area (Å²) in [5, 5.41) is 11.5. The lowest BCUT2D eigenvalue weighted by Crippen LogP contribution is -2.32. The monoisotopic (exact) mass is 448 g/mol. The lowest BCUT2D eigenvalue weighted by molar-refractivity contribution is -0.129. The van der Waals surface area contributed by atoms with Crippen LogP contribution in [0.25, 0.3) is 11.0 Å². The van der Waals surface area contributed by atoms with Crippen molar-refractivity contribution in [1.82, 2.24) is 4.90 Å². The minimum Gasteiger partial charge on any atom is -0.503 e. The van der Waals surface area contributed by atoms with Crippen LogP contribution in [0.15, 0.2) is 64.3 Å².